The molecule has 1 atom stereocenters. The predicted molar refractivity (Wildman–Crippen MR) is 52.7 cm³/mol. The predicted octanol–water partition coefficient (Wildman–Crippen LogP) is 2.21. The van der Waals surface area contributed by atoms with Crippen LogP contribution in [0.3, 0.4) is 0 Å². The molecule has 2 aliphatic heterocycles. The molecule has 2 aliphatic rings. The molecule has 1 fully saturated rings. The Bertz CT molecular complexity index is 260. The number of piperidine rings is 1. The number of likely N-dealkylation sites (tertiary alicyclic amines) is 1. The summed E-state index contributed by atoms with van der Waals surface area (Å²) in [5.74, 6) is 0. The minimum Gasteiger partial charge on any atom is -0.294 e. The van der Waals surface area contributed by atoms with Crippen molar-refractivity contribution in [3.8, 4) is 0 Å². The maximum atomic E-state index is 4.18. The van der Waals surface area contributed by atoms with Crippen LogP contribution in [-0.2, 0) is 0 Å². The largest absolute Gasteiger partial charge is 0.294 e. The minimum absolute atomic E-state index is 0.272. The third kappa shape index (κ3) is 1.66. The maximum Gasteiger partial charge on any atom is 0.0965 e. The van der Waals surface area contributed by atoms with E-state index in [1.54, 1.807) is 0 Å². The fraction of sp³-hybridized carbons (Fsp3) is 0.800. The van der Waals surface area contributed by atoms with E-state index in [0.717, 1.165) is 19.5 Å². The van der Waals surface area contributed by atoms with E-state index in [1.165, 1.54) is 5.57 Å². The van der Waals surface area contributed by atoms with Crippen molar-refractivity contribution in [1.82, 2.24) is 4.90 Å². The van der Waals surface area contributed by atoms with Gasteiger partial charge in [0.2, 0.25) is 0 Å². The molecule has 0 aliphatic carbocycles. The topological polar surface area (TPSA) is 28.0 Å². The standard InChI is InChI=1S/C10H17N3/c1-10(2,3)13-5-4-9-8(7-13)6-11-12-9/h6,9H,4-5,7H2,1-3H3. The van der Waals surface area contributed by atoms with Crippen molar-refractivity contribution in [3.05, 3.63) is 11.8 Å². The molecular formula is C10H17N3. The number of azo groups is 1. The smallest absolute Gasteiger partial charge is 0.0965 e. The van der Waals surface area contributed by atoms with E-state index in [9.17, 15) is 0 Å². The van der Waals surface area contributed by atoms with E-state index in [2.05, 4.69) is 35.9 Å². The average Bonchev–Trinajstić information content (AvgIpc) is 2.47. The van der Waals surface area contributed by atoms with Gasteiger partial charge in [0.1, 0.15) is 0 Å². The van der Waals surface area contributed by atoms with Crippen molar-refractivity contribution >= 4 is 0 Å². The first-order chi connectivity index (χ1) is 6.07. The van der Waals surface area contributed by atoms with Gasteiger partial charge < -0.3 is 0 Å². The van der Waals surface area contributed by atoms with Gasteiger partial charge in [-0.2, -0.15) is 10.2 Å². The first kappa shape index (κ1) is 8.88. The maximum absolute atomic E-state index is 4.18. The van der Waals surface area contributed by atoms with Crippen LogP contribution in [0.2, 0.25) is 0 Å². The van der Waals surface area contributed by atoms with Gasteiger partial charge in [-0.3, -0.25) is 4.90 Å². The number of fused-ring (bicyclic) bond motifs is 1. The summed E-state index contributed by atoms with van der Waals surface area (Å²) < 4.78 is 0. The highest BCUT2D eigenvalue weighted by atomic mass is 15.2. The second-order valence-corrected chi connectivity index (χ2v) is 4.83. The van der Waals surface area contributed by atoms with Gasteiger partial charge in [0.25, 0.3) is 0 Å². The Hall–Kier alpha value is -0.700. The zero-order valence-corrected chi connectivity index (χ0v) is 8.62. The molecular weight excluding hydrogens is 162 g/mol. The van der Waals surface area contributed by atoms with Gasteiger partial charge in [0.15, 0.2) is 0 Å². The van der Waals surface area contributed by atoms with Crippen LogP contribution in [0.15, 0.2) is 22.0 Å². The Kier molecular flexibility index (Phi) is 1.99. The second-order valence-electron chi connectivity index (χ2n) is 4.83. The molecule has 3 heteroatoms. The van der Waals surface area contributed by atoms with E-state index >= 15 is 0 Å². The summed E-state index contributed by atoms with van der Waals surface area (Å²) in [7, 11) is 0. The highest BCUT2D eigenvalue weighted by Crippen LogP contribution is 2.28. The zero-order valence-electron chi connectivity index (χ0n) is 8.62. The quantitative estimate of drug-likeness (QED) is 0.560. The Labute approximate surface area is 79.5 Å². The monoisotopic (exact) mass is 179 g/mol. The van der Waals surface area contributed by atoms with Crippen LogP contribution in [0.4, 0.5) is 0 Å². The molecule has 1 unspecified atom stereocenters. The number of rotatable bonds is 0. The molecule has 13 heavy (non-hydrogen) atoms. The summed E-state index contributed by atoms with van der Waals surface area (Å²) in [4.78, 5) is 2.49. The van der Waals surface area contributed by atoms with Crippen LogP contribution >= 0.6 is 0 Å². The van der Waals surface area contributed by atoms with Crippen LogP contribution in [0.5, 0.6) is 0 Å². The lowest BCUT2D eigenvalue weighted by molar-refractivity contribution is 0.129. The van der Waals surface area contributed by atoms with Crippen molar-refractivity contribution in [2.45, 2.75) is 38.8 Å². The molecule has 0 aromatic heterocycles. The van der Waals surface area contributed by atoms with E-state index in [1.807, 2.05) is 6.20 Å². The lowest BCUT2D eigenvalue weighted by Gasteiger charge is -2.40. The lowest BCUT2D eigenvalue weighted by atomic mass is 9.95. The van der Waals surface area contributed by atoms with Crippen LogP contribution in [-0.4, -0.2) is 29.6 Å². The number of nitrogens with zero attached hydrogens (tertiary/aromatic N) is 3. The number of hydrogen-bond acceptors (Lipinski definition) is 3. The molecule has 2 rings (SSSR count). The fourth-order valence-corrected chi connectivity index (χ4v) is 1.89. The third-order valence-electron chi connectivity index (χ3n) is 2.85. The molecule has 0 spiro atoms. The first-order valence-corrected chi connectivity index (χ1v) is 4.91. The molecule has 0 N–H and O–H groups in total. The molecule has 0 amide bonds. The van der Waals surface area contributed by atoms with Gasteiger partial charge in [-0.05, 0) is 32.8 Å². The van der Waals surface area contributed by atoms with Gasteiger partial charge in [-0.1, -0.05) is 0 Å². The molecule has 2 heterocycles. The molecule has 0 radical (unpaired) electrons. The lowest BCUT2D eigenvalue weighted by Crippen LogP contribution is -2.47. The van der Waals surface area contributed by atoms with Crippen molar-refractivity contribution < 1.29 is 0 Å². The van der Waals surface area contributed by atoms with E-state index < -0.39 is 0 Å². The van der Waals surface area contributed by atoms with E-state index in [0.29, 0.717) is 6.04 Å². The van der Waals surface area contributed by atoms with Crippen molar-refractivity contribution in [2.24, 2.45) is 10.2 Å². The van der Waals surface area contributed by atoms with Gasteiger partial charge in [-0.15, -0.1) is 0 Å². The Morgan fingerprint density at radius 1 is 1.46 bits per heavy atom. The molecule has 0 aromatic carbocycles. The van der Waals surface area contributed by atoms with E-state index in [-0.39, 0.29) is 5.54 Å². The van der Waals surface area contributed by atoms with Gasteiger partial charge in [0, 0.05) is 18.6 Å². The normalized spacial score (nSPS) is 28.8. The molecule has 72 valence electrons. The highest BCUT2D eigenvalue weighted by molar-refractivity contribution is 5.18. The average molecular weight is 179 g/mol. The molecule has 1 saturated heterocycles. The van der Waals surface area contributed by atoms with Crippen LogP contribution in [0.1, 0.15) is 27.2 Å². The Morgan fingerprint density at radius 3 is 2.92 bits per heavy atom. The number of hydrogen-bond donors (Lipinski definition) is 0. The van der Waals surface area contributed by atoms with Gasteiger partial charge in [0.05, 0.1) is 12.2 Å². The summed E-state index contributed by atoms with van der Waals surface area (Å²) in [6.45, 7) is 8.97. The first-order valence-electron chi connectivity index (χ1n) is 4.91. The Morgan fingerprint density at radius 2 is 2.23 bits per heavy atom. The van der Waals surface area contributed by atoms with E-state index in [4.69, 9.17) is 0 Å². The molecule has 3 nitrogen and oxygen atoms in total. The van der Waals surface area contributed by atoms with Gasteiger partial charge in [-0.25, -0.2) is 0 Å². The van der Waals surface area contributed by atoms with Crippen LogP contribution in [0.25, 0.3) is 0 Å². The minimum atomic E-state index is 0.272. The molecule has 0 aromatic rings. The van der Waals surface area contributed by atoms with Crippen molar-refractivity contribution in [1.29, 1.82) is 0 Å². The summed E-state index contributed by atoms with van der Waals surface area (Å²) in [5, 5.41) is 8.16. The summed E-state index contributed by atoms with van der Waals surface area (Å²) in [5.41, 5.74) is 1.66. The second kappa shape index (κ2) is 2.91. The zero-order chi connectivity index (χ0) is 9.47. The third-order valence-corrected chi connectivity index (χ3v) is 2.85. The van der Waals surface area contributed by atoms with Crippen LogP contribution < -0.4 is 0 Å². The summed E-state index contributed by atoms with van der Waals surface area (Å²) in [6, 6.07) is 0.401. The summed E-state index contributed by atoms with van der Waals surface area (Å²) in [6.07, 6.45) is 3.06. The highest BCUT2D eigenvalue weighted by Gasteiger charge is 2.31. The van der Waals surface area contributed by atoms with Gasteiger partial charge >= 0.3 is 0 Å². The fourth-order valence-electron chi connectivity index (χ4n) is 1.89. The molecule has 0 saturated carbocycles. The van der Waals surface area contributed by atoms with Crippen molar-refractivity contribution in [3.63, 3.8) is 0 Å². The molecule has 0 bridgehead atoms. The van der Waals surface area contributed by atoms with Crippen LogP contribution in [0, 0.1) is 0 Å². The summed E-state index contributed by atoms with van der Waals surface area (Å²) >= 11 is 0. The SMILES string of the molecule is CC(C)(C)N1CCC2N=NC=C2C1. The van der Waals surface area contributed by atoms with Crippen molar-refractivity contribution in [2.75, 3.05) is 13.1 Å². The Balaban J connectivity index is 2.07.